The molecular weight excluding hydrogens is 1390 g/mol. The zero-order valence-electron chi connectivity index (χ0n) is 56.9. The summed E-state index contributed by atoms with van der Waals surface area (Å²) in [7, 11) is -3.28. The van der Waals surface area contributed by atoms with Gasteiger partial charge in [-0.25, -0.2) is 41.5 Å². The van der Waals surface area contributed by atoms with Crippen LogP contribution in [0.1, 0.15) is 104 Å². The number of rotatable bonds is 17. The maximum atomic E-state index is 14.1. The number of nitrogens with one attached hydrogen (secondary N) is 2. The maximum Gasteiger partial charge on any atom is 0.241 e. The zero-order valence-corrected chi connectivity index (χ0v) is 59.9. The minimum absolute atomic E-state index is 0.0213. The number of aromatic amines is 1. The molecule has 0 radical (unpaired) electrons. The Morgan fingerprint density at radius 1 is 0.641 bits per heavy atom. The molecule has 1 aliphatic rings. The van der Waals surface area contributed by atoms with Crippen molar-refractivity contribution in [1.82, 2.24) is 40.2 Å². The number of hydrogen-bond acceptors (Lipinski definition) is 12. The molecule has 1 saturated heterocycles. The van der Waals surface area contributed by atoms with Crippen molar-refractivity contribution in [2.75, 3.05) is 18.4 Å². The van der Waals surface area contributed by atoms with Gasteiger partial charge in [-0.2, -0.15) is 5.10 Å². The van der Waals surface area contributed by atoms with Crippen molar-refractivity contribution in [2.24, 2.45) is 0 Å². The van der Waals surface area contributed by atoms with E-state index in [1.165, 1.54) is 48.3 Å². The predicted molar refractivity (Wildman–Crippen MR) is 400 cm³/mol. The van der Waals surface area contributed by atoms with Crippen molar-refractivity contribution < 1.29 is 40.5 Å². The number of carbonyl (C=O) groups is 3. The topological polar surface area (TPSA) is 207 Å². The van der Waals surface area contributed by atoms with Crippen molar-refractivity contribution >= 4 is 74.2 Å². The molecule has 5 heterocycles. The van der Waals surface area contributed by atoms with E-state index in [-0.39, 0.29) is 41.4 Å². The van der Waals surface area contributed by atoms with Gasteiger partial charge in [0.1, 0.15) is 41.5 Å². The highest BCUT2D eigenvalue weighted by Gasteiger charge is 2.30. The minimum Gasteiger partial charge on any atom is -0.343 e. The van der Waals surface area contributed by atoms with Gasteiger partial charge in [0.05, 0.1) is 34.1 Å². The van der Waals surface area contributed by atoms with E-state index in [1.54, 1.807) is 92.3 Å². The Labute approximate surface area is 610 Å². The molecular formula is C81H71Cl3F3N9O6S. The highest BCUT2D eigenvalue weighted by molar-refractivity contribution is 7.93. The van der Waals surface area contributed by atoms with Gasteiger partial charge in [-0.15, -0.1) is 0 Å². The average molecular weight is 1460 g/mol. The van der Waals surface area contributed by atoms with Crippen LogP contribution >= 0.6 is 34.8 Å². The molecule has 15 nitrogen and oxygen atoms in total. The van der Waals surface area contributed by atoms with Crippen LogP contribution in [0.15, 0.2) is 223 Å². The van der Waals surface area contributed by atoms with Crippen LogP contribution in [0.3, 0.4) is 0 Å². The highest BCUT2D eigenvalue weighted by Crippen LogP contribution is 2.40. The minimum atomic E-state index is -3.28. The molecule has 1 aliphatic heterocycles. The molecule has 1 fully saturated rings. The molecule has 0 spiro atoms. The second kappa shape index (κ2) is 35.3. The zero-order chi connectivity index (χ0) is 73.2. The van der Waals surface area contributed by atoms with Crippen molar-refractivity contribution in [3.63, 3.8) is 0 Å². The largest absolute Gasteiger partial charge is 0.343 e. The third-order valence-corrected chi connectivity index (χ3v) is 19.2. The molecule has 2 amide bonds. The van der Waals surface area contributed by atoms with Gasteiger partial charge in [-0.1, -0.05) is 150 Å². The normalized spacial score (nSPS) is 12.1. The number of ketones is 1. The van der Waals surface area contributed by atoms with Gasteiger partial charge in [-0.05, 0) is 183 Å². The molecule has 0 saturated carbocycles. The van der Waals surface area contributed by atoms with Gasteiger partial charge in [0.25, 0.3) is 0 Å². The van der Waals surface area contributed by atoms with Gasteiger partial charge in [0.15, 0.2) is 15.6 Å². The first-order valence-electron chi connectivity index (χ1n) is 32.9. The smallest absolute Gasteiger partial charge is 0.241 e. The van der Waals surface area contributed by atoms with Crippen LogP contribution in [0.5, 0.6) is 0 Å². The predicted octanol–water partition coefficient (Wildman–Crippen LogP) is 19.0. The third kappa shape index (κ3) is 20.3. The molecule has 0 atom stereocenters. The Hall–Kier alpha value is -10.7. The molecule has 2 N–H and O–H groups in total. The summed E-state index contributed by atoms with van der Waals surface area (Å²) in [5.74, 6) is -1.06. The molecule has 4 aromatic heterocycles. The molecule has 8 aromatic carbocycles. The van der Waals surface area contributed by atoms with E-state index in [4.69, 9.17) is 39.3 Å². The number of piperidine rings is 1. The van der Waals surface area contributed by atoms with Gasteiger partial charge < -0.3 is 9.42 Å². The van der Waals surface area contributed by atoms with Crippen LogP contribution in [0, 0.1) is 45.1 Å². The number of aromatic nitrogens is 7. The van der Waals surface area contributed by atoms with Crippen molar-refractivity contribution in [3.8, 4) is 45.0 Å². The fraction of sp³-hybridized carbons (Fsp3) is 0.173. The molecule has 13 rings (SSSR count). The number of anilines is 1. The summed E-state index contributed by atoms with van der Waals surface area (Å²) in [4.78, 5) is 55.9. The van der Waals surface area contributed by atoms with Crippen LogP contribution in [0.4, 0.5) is 19.1 Å². The lowest BCUT2D eigenvalue weighted by Crippen LogP contribution is -2.37. The van der Waals surface area contributed by atoms with Crippen LogP contribution in [-0.2, 0) is 38.0 Å². The van der Waals surface area contributed by atoms with E-state index in [0.29, 0.717) is 78.6 Å². The van der Waals surface area contributed by atoms with Crippen LogP contribution < -0.4 is 5.32 Å². The number of sulfone groups is 1. The second-order valence-corrected chi connectivity index (χ2v) is 27.6. The molecule has 524 valence electrons. The Morgan fingerprint density at radius 3 is 1.87 bits per heavy atom. The Morgan fingerprint density at radius 2 is 1.25 bits per heavy atom. The lowest BCUT2D eigenvalue weighted by Gasteiger charge is -2.31. The van der Waals surface area contributed by atoms with E-state index in [9.17, 15) is 36.0 Å². The maximum absolute atomic E-state index is 14.1. The molecule has 0 aliphatic carbocycles. The number of nitrogens with zero attached hydrogens (tertiary/aromatic N) is 7. The lowest BCUT2D eigenvalue weighted by molar-refractivity contribution is -0.131. The monoisotopic (exact) mass is 1460 g/mol. The first kappa shape index (κ1) is 75.0. The van der Waals surface area contributed by atoms with Crippen molar-refractivity contribution in [2.45, 2.75) is 78.4 Å². The summed E-state index contributed by atoms with van der Waals surface area (Å²) in [6.45, 7) is 11.0. The molecule has 12 aromatic rings. The molecule has 0 unspecified atom stereocenters. The highest BCUT2D eigenvalue weighted by atomic mass is 35.5. The van der Waals surface area contributed by atoms with E-state index >= 15 is 0 Å². The summed E-state index contributed by atoms with van der Waals surface area (Å²) in [6.07, 6.45) is 10.7. The lowest BCUT2D eigenvalue weighted by atomic mass is 9.88. The van der Waals surface area contributed by atoms with Gasteiger partial charge >= 0.3 is 0 Å². The summed E-state index contributed by atoms with van der Waals surface area (Å²) in [5, 5.41) is 17.6. The number of aryl methyl sites for hydroxylation is 4. The fourth-order valence-electron chi connectivity index (χ4n) is 11.5. The Bertz CT molecular complexity index is 5040. The van der Waals surface area contributed by atoms with E-state index in [0.717, 1.165) is 93.1 Å². The SMILES string of the molecule is CCC(=O)N1CCC(c2[nH]nc(-c3ccc(Cl)cc3)c2-c2ccncn2)CC1.Cc1cc(F)ccc1Cc1ccc(C(=O)c2ccccc2C)c(Cl)c1.Cc1ccc(/C=C/S(=O)(=O)Cc2ccc(Cl)cc2)cc1.Cc1cccc(F)c1CC(=O)Nc1onc(-c2ccc(F)cc2)c1-c1ccncn1. The summed E-state index contributed by atoms with van der Waals surface area (Å²) < 4.78 is 70.0. The number of carbonyl (C=O) groups excluding carboxylic acids is 3. The molecule has 0 bridgehead atoms. The van der Waals surface area contributed by atoms with Crippen LogP contribution in [-0.4, -0.2) is 79.3 Å². The quantitative estimate of drug-likeness (QED) is 0.0817. The second-order valence-electron chi connectivity index (χ2n) is 24.4. The number of likely N-dealkylation sites (tertiary alicyclic amines) is 1. The fourth-order valence-corrected chi connectivity index (χ4v) is 13.2. The van der Waals surface area contributed by atoms with E-state index in [1.807, 2.05) is 124 Å². The number of amides is 2. The van der Waals surface area contributed by atoms with Crippen LogP contribution in [0.25, 0.3) is 51.1 Å². The third-order valence-electron chi connectivity index (χ3n) is 17.1. The van der Waals surface area contributed by atoms with Gasteiger partial charge in [0.2, 0.25) is 17.7 Å². The first-order valence-corrected chi connectivity index (χ1v) is 35.7. The van der Waals surface area contributed by atoms with Crippen molar-refractivity contribution in [3.05, 3.63) is 318 Å². The number of hydrogen-bond donors (Lipinski definition) is 2. The van der Waals surface area contributed by atoms with E-state index < -0.39 is 21.6 Å². The summed E-state index contributed by atoms with van der Waals surface area (Å²) >= 11 is 18.2. The first-order chi connectivity index (χ1) is 49.6. The molecule has 22 heteroatoms. The standard InChI is InChI=1S/C22H18ClFO.C22H16F2N4O2.C21H22ClN5O.C16H15ClO2S/c1-14-5-3-4-6-19(14)22(25)20-10-7-16(13-21(20)23)12-17-8-9-18(24)11-15(17)2;1-13-3-2-4-17(24)16(13)11-19(29)27-22-20(18-9-10-25-12-26-18)21(28-30-22)14-5-7-15(23)8-6-14;1-2-18(28)27-11-8-15(9-12-27)21-19(17-7-10-23-13-24-17)20(25-26-21)14-3-5-16(22)6-4-14;1-13-2-4-14(5-3-13)10-11-20(18,19)12-15-6-8-16(17)9-7-15/h3-11,13H,12H2,1-2H3;2-10,12H,11H2,1H3,(H,27,29);3-7,10,13,15H,2,8-9,11-12H2,1H3,(H,25,26);2-11H,12H2,1H3/b;;;11-10+. The van der Waals surface area contributed by atoms with Crippen molar-refractivity contribution in [1.29, 1.82) is 0 Å². The van der Waals surface area contributed by atoms with Crippen LogP contribution in [0.2, 0.25) is 15.1 Å². The molecule has 103 heavy (non-hydrogen) atoms. The Balaban J connectivity index is 0.000000149. The number of benzene rings is 8. The average Bonchev–Trinajstić information content (AvgIpc) is 1.66. The van der Waals surface area contributed by atoms with Gasteiger partial charge in [-0.3, -0.25) is 24.8 Å². The summed E-state index contributed by atoms with van der Waals surface area (Å²) in [5.41, 5.74) is 15.3. The van der Waals surface area contributed by atoms with Gasteiger partial charge in [0, 0.05) is 92.3 Å². The number of H-pyrrole nitrogens is 1. The summed E-state index contributed by atoms with van der Waals surface area (Å²) in [6, 6.07) is 53.8. The Kier molecular flexibility index (Phi) is 25.7. The number of halogens is 6. The van der Waals surface area contributed by atoms with E-state index in [2.05, 4.69) is 40.6 Å².